The number of nitrogens with one attached hydrogen (secondary N) is 2. The van der Waals surface area contributed by atoms with Crippen LogP contribution in [0.1, 0.15) is 31.2 Å². The standard InChI is InChI=1S/C21H23N3OS/c1-14-11-16(15-7-9-22-10-8-15)5-6-18(14)24-20(25)23-17-12-19(26-13-17)21(2,3)4/h5-13H,1-4H3,(H2,23,24,25). The van der Waals surface area contributed by atoms with Crippen LogP contribution in [-0.4, -0.2) is 11.0 Å². The van der Waals surface area contributed by atoms with Gasteiger partial charge >= 0.3 is 6.03 Å². The van der Waals surface area contributed by atoms with Crippen LogP contribution >= 0.6 is 11.3 Å². The van der Waals surface area contributed by atoms with E-state index in [1.165, 1.54) is 4.88 Å². The lowest BCUT2D eigenvalue weighted by Crippen LogP contribution is -2.19. The van der Waals surface area contributed by atoms with Crippen LogP contribution in [0.5, 0.6) is 0 Å². The molecule has 26 heavy (non-hydrogen) atoms. The number of hydrogen-bond acceptors (Lipinski definition) is 3. The summed E-state index contributed by atoms with van der Waals surface area (Å²) in [6.45, 7) is 8.48. The monoisotopic (exact) mass is 365 g/mol. The highest BCUT2D eigenvalue weighted by atomic mass is 32.1. The molecule has 0 aliphatic carbocycles. The van der Waals surface area contributed by atoms with Gasteiger partial charge in [-0.15, -0.1) is 11.3 Å². The summed E-state index contributed by atoms with van der Waals surface area (Å²) in [6, 6.07) is 11.7. The number of nitrogens with zero attached hydrogens (tertiary/aromatic N) is 1. The van der Waals surface area contributed by atoms with E-state index in [2.05, 4.69) is 42.5 Å². The maximum Gasteiger partial charge on any atom is 0.323 e. The number of carbonyl (C=O) groups is 1. The predicted molar refractivity (Wildman–Crippen MR) is 110 cm³/mol. The number of rotatable bonds is 3. The van der Waals surface area contributed by atoms with E-state index in [4.69, 9.17) is 0 Å². The average molecular weight is 366 g/mol. The fourth-order valence-corrected chi connectivity index (χ4v) is 3.54. The number of thiophene rings is 1. The number of carbonyl (C=O) groups excluding carboxylic acids is 1. The van der Waals surface area contributed by atoms with Gasteiger partial charge in [0.25, 0.3) is 0 Å². The van der Waals surface area contributed by atoms with Gasteiger partial charge in [-0.25, -0.2) is 4.79 Å². The third-order valence-corrected chi connectivity index (χ3v) is 5.44. The number of aryl methyl sites for hydroxylation is 1. The molecule has 0 unspecified atom stereocenters. The van der Waals surface area contributed by atoms with Crippen LogP contribution in [0.3, 0.4) is 0 Å². The van der Waals surface area contributed by atoms with E-state index in [-0.39, 0.29) is 11.4 Å². The molecule has 0 spiro atoms. The fraction of sp³-hybridized carbons (Fsp3) is 0.238. The van der Waals surface area contributed by atoms with Crippen LogP contribution in [0.15, 0.2) is 54.2 Å². The van der Waals surface area contributed by atoms with Crippen LogP contribution < -0.4 is 10.6 Å². The van der Waals surface area contributed by atoms with Crippen molar-refractivity contribution in [2.24, 2.45) is 0 Å². The van der Waals surface area contributed by atoms with Crippen LogP contribution in [0.2, 0.25) is 0 Å². The number of aromatic nitrogens is 1. The fourth-order valence-electron chi connectivity index (χ4n) is 2.61. The molecule has 0 saturated carbocycles. The quantitative estimate of drug-likeness (QED) is 0.593. The average Bonchev–Trinajstić information content (AvgIpc) is 3.06. The molecule has 0 saturated heterocycles. The lowest BCUT2D eigenvalue weighted by atomic mass is 9.95. The van der Waals surface area contributed by atoms with Crippen molar-refractivity contribution in [3.05, 3.63) is 64.6 Å². The largest absolute Gasteiger partial charge is 0.323 e. The second-order valence-electron chi connectivity index (χ2n) is 7.29. The summed E-state index contributed by atoms with van der Waals surface area (Å²) in [5.74, 6) is 0. The molecule has 2 N–H and O–H groups in total. The molecule has 0 atom stereocenters. The molecule has 2 aromatic heterocycles. The molecule has 3 aromatic rings. The number of amides is 2. The summed E-state index contributed by atoms with van der Waals surface area (Å²) >= 11 is 1.66. The molecule has 5 heteroatoms. The molecule has 2 heterocycles. The molecule has 134 valence electrons. The van der Waals surface area contributed by atoms with Gasteiger partial charge in [0.15, 0.2) is 0 Å². The summed E-state index contributed by atoms with van der Waals surface area (Å²) in [7, 11) is 0. The first-order chi connectivity index (χ1) is 12.3. The highest BCUT2D eigenvalue weighted by molar-refractivity contribution is 7.10. The topological polar surface area (TPSA) is 54.0 Å². The highest BCUT2D eigenvalue weighted by Crippen LogP contribution is 2.31. The van der Waals surface area contributed by atoms with E-state index >= 15 is 0 Å². The first-order valence-corrected chi connectivity index (χ1v) is 9.39. The van der Waals surface area contributed by atoms with E-state index in [1.54, 1.807) is 23.7 Å². The summed E-state index contributed by atoms with van der Waals surface area (Å²) < 4.78 is 0. The minimum absolute atomic E-state index is 0.0838. The van der Waals surface area contributed by atoms with Gasteiger partial charge in [-0.2, -0.15) is 0 Å². The number of urea groups is 1. The molecule has 0 aliphatic rings. The first-order valence-electron chi connectivity index (χ1n) is 8.51. The Bertz CT molecular complexity index is 911. The molecule has 0 fully saturated rings. The van der Waals surface area contributed by atoms with Crippen molar-refractivity contribution in [1.29, 1.82) is 0 Å². The van der Waals surface area contributed by atoms with E-state index in [0.717, 1.165) is 28.1 Å². The Balaban J connectivity index is 1.69. The molecule has 0 radical (unpaired) electrons. The molecule has 0 bridgehead atoms. The molecule has 1 aromatic carbocycles. The van der Waals surface area contributed by atoms with Crippen molar-refractivity contribution in [2.45, 2.75) is 33.1 Å². The van der Waals surface area contributed by atoms with Gasteiger partial charge in [-0.05, 0) is 59.4 Å². The van der Waals surface area contributed by atoms with Crippen LogP contribution in [-0.2, 0) is 5.41 Å². The molecule has 2 amide bonds. The van der Waals surface area contributed by atoms with Crippen molar-refractivity contribution >= 4 is 28.7 Å². The number of benzene rings is 1. The summed E-state index contributed by atoms with van der Waals surface area (Å²) in [5, 5.41) is 7.81. The lowest BCUT2D eigenvalue weighted by Gasteiger charge is -2.15. The summed E-state index contributed by atoms with van der Waals surface area (Å²) in [4.78, 5) is 17.6. The van der Waals surface area contributed by atoms with E-state index in [0.29, 0.717) is 0 Å². The van der Waals surface area contributed by atoms with Gasteiger partial charge < -0.3 is 10.6 Å². The Kier molecular flexibility index (Phi) is 5.09. The Morgan fingerprint density at radius 3 is 2.35 bits per heavy atom. The number of anilines is 2. The maximum atomic E-state index is 12.3. The third kappa shape index (κ3) is 4.29. The molecular formula is C21H23N3OS. The minimum atomic E-state index is -0.233. The van der Waals surface area contributed by atoms with Gasteiger partial charge in [0.2, 0.25) is 0 Å². The van der Waals surface area contributed by atoms with Crippen molar-refractivity contribution < 1.29 is 4.79 Å². The lowest BCUT2D eigenvalue weighted by molar-refractivity contribution is 0.262. The second kappa shape index (κ2) is 7.30. The van der Waals surface area contributed by atoms with Crippen molar-refractivity contribution in [3.8, 4) is 11.1 Å². The summed E-state index contributed by atoms with van der Waals surface area (Å²) in [6.07, 6.45) is 3.55. The van der Waals surface area contributed by atoms with Gasteiger partial charge in [-0.3, -0.25) is 4.98 Å². The Morgan fingerprint density at radius 1 is 1.00 bits per heavy atom. The smallest absolute Gasteiger partial charge is 0.307 e. The van der Waals surface area contributed by atoms with Crippen molar-refractivity contribution in [2.75, 3.05) is 10.6 Å². The maximum absolute atomic E-state index is 12.3. The van der Waals surface area contributed by atoms with Crippen LogP contribution in [0.4, 0.5) is 16.2 Å². The zero-order chi connectivity index (χ0) is 18.7. The van der Waals surface area contributed by atoms with Gasteiger partial charge in [-0.1, -0.05) is 26.8 Å². The predicted octanol–water partition coefficient (Wildman–Crippen LogP) is 6.06. The molecule has 0 aliphatic heterocycles. The normalized spacial score (nSPS) is 11.2. The zero-order valence-electron chi connectivity index (χ0n) is 15.5. The molecular weight excluding hydrogens is 342 g/mol. The van der Waals surface area contributed by atoms with E-state index < -0.39 is 0 Å². The molecule has 3 rings (SSSR count). The Labute approximate surface area is 158 Å². The van der Waals surface area contributed by atoms with Gasteiger partial charge in [0.05, 0.1) is 5.69 Å². The zero-order valence-corrected chi connectivity index (χ0v) is 16.3. The highest BCUT2D eigenvalue weighted by Gasteiger charge is 2.16. The number of hydrogen-bond donors (Lipinski definition) is 2. The van der Waals surface area contributed by atoms with Crippen molar-refractivity contribution in [3.63, 3.8) is 0 Å². The van der Waals surface area contributed by atoms with Gasteiger partial charge in [0, 0.05) is 28.3 Å². The minimum Gasteiger partial charge on any atom is -0.307 e. The first kappa shape index (κ1) is 18.1. The van der Waals surface area contributed by atoms with Gasteiger partial charge in [0.1, 0.15) is 0 Å². The van der Waals surface area contributed by atoms with E-state index in [1.807, 2.05) is 42.6 Å². The summed E-state index contributed by atoms with van der Waals surface area (Å²) in [5.41, 5.74) is 4.92. The molecule has 4 nitrogen and oxygen atoms in total. The second-order valence-corrected chi connectivity index (χ2v) is 8.21. The SMILES string of the molecule is Cc1cc(-c2ccncc2)ccc1NC(=O)Nc1csc(C(C)(C)C)c1. The van der Waals surface area contributed by atoms with E-state index in [9.17, 15) is 4.79 Å². The Hall–Kier alpha value is -2.66. The number of pyridine rings is 1. The van der Waals surface area contributed by atoms with Crippen molar-refractivity contribution in [1.82, 2.24) is 4.98 Å². The third-order valence-electron chi connectivity index (χ3n) is 4.08. The Morgan fingerprint density at radius 2 is 1.73 bits per heavy atom. The van der Waals surface area contributed by atoms with Crippen LogP contribution in [0.25, 0.3) is 11.1 Å². The van der Waals surface area contributed by atoms with Crippen LogP contribution in [0, 0.1) is 6.92 Å².